The summed E-state index contributed by atoms with van der Waals surface area (Å²) in [6.07, 6.45) is 2.52. The number of hydrogen-bond acceptors (Lipinski definition) is 3. The maximum Gasteiger partial charge on any atom is 0.258 e. The van der Waals surface area contributed by atoms with Crippen molar-refractivity contribution >= 4 is 33.2 Å². The van der Waals surface area contributed by atoms with E-state index >= 15 is 0 Å². The summed E-state index contributed by atoms with van der Waals surface area (Å²) in [7, 11) is -3.80. The van der Waals surface area contributed by atoms with E-state index in [2.05, 4.69) is 5.32 Å². The second-order valence-electron chi connectivity index (χ2n) is 6.19. The van der Waals surface area contributed by atoms with E-state index < -0.39 is 27.6 Å². The van der Waals surface area contributed by atoms with Crippen molar-refractivity contribution in [2.24, 2.45) is 0 Å². The maximum absolute atomic E-state index is 13.8. The third-order valence-corrected chi connectivity index (χ3v) is 6.68. The first-order valence-corrected chi connectivity index (χ1v) is 10.2. The zero-order valence-electron chi connectivity index (χ0n) is 14.2. The quantitative estimate of drug-likeness (QED) is 0.820. The summed E-state index contributed by atoms with van der Waals surface area (Å²) < 4.78 is 53.8. The van der Waals surface area contributed by atoms with Gasteiger partial charge in [-0.3, -0.25) is 4.79 Å². The number of halogens is 3. The second-order valence-corrected chi connectivity index (χ2v) is 8.50. The predicted octanol–water partition coefficient (Wildman–Crippen LogP) is 4.05. The van der Waals surface area contributed by atoms with Crippen LogP contribution in [0.2, 0.25) is 5.02 Å². The van der Waals surface area contributed by atoms with E-state index in [1.54, 1.807) is 0 Å². The van der Waals surface area contributed by atoms with E-state index in [9.17, 15) is 22.0 Å². The normalized spacial score (nSPS) is 15.5. The first-order chi connectivity index (χ1) is 12.8. The number of carbonyl (C=O) groups is 1. The van der Waals surface area contributed by atoms with Gasteiger partial charge in [0.25, 0.3) is 5.91 Å². The van der Waals surface area contributed by atoms with Crippen molar-refractivity contribution in [2.75, 3.05) is 18.4 Å². The highest BCUT2D eigenvalue weighted by atomic mass is 35.5. The average molecular weight is 415 g/mol. The first kappa shape index (κ1) is 19.7. The largest absolute Gasteiger partial charge is 0.322 e. The molecule has 1 fully saturated rings. The number of nitrogens with one attached hydrogen (secondary N) is 1. The summed E-state index contributed by atoms with van der Waals surface area (Å²) in [5, 5.41) is 2.45. The van der Waals surface area contributed by atoms with Gasteiger partial charge in [0.05, 0.1) is 10.6 Å². The number of benzene rings is 2. The van der Waals surface area contributed by atoms with Crippen molar-refractivity contribution in [1.29, 1.82) is 0 Å². The van der Waals surface area contributed by atoms with E-state index in [4.69, 9.17) is 11.6 Å². The third kappa shape index (κ3) is 4.28. The topological polar surface area (TPSA) is 66.5 Å². The summed E-state index contributed by atoms with van der Waals surface area (Å²) in [5.74, 6) is -2.63. The van der Waals surface area contributed by atoms with Gasteiger partial charge in [-0.25, -0.2) is 17.2 Å². The molecule has 1 aliphatic rings. The molecule has 1 N–H and O–H groups in total. The molecule has 9 heteroatoms. The smallest absolute Gasteiger partial charge is 0.258 e. The number of carbonyl (C=O) groups excluding carboxylic acids is 1. The molecule has 1 heterocycles. The van der Waals surface area contributed by atoms with Crippen LogP contribution >= 0.6 is 11.6 Å². The number of amides is 1. The molecule has 1 saturated heterocycles. The van der Waals surface area contributed by atoms with Gasteiger partial charge in [-0.15, -0.1) is 0 Å². The van der Waals surface area contributed by atoms with Crippen LogP contribution in [0.3, 0.4) is 0 Å². The molecular weight excluding hydrogens is 398 g/mol. The van der Waals surface area contributed by atoms with Crippen molar-refractivity contribution in [2.45, 2.75) is 24.2 Å². The second kappa shape index (κ2) is 7.92. The van der Waals surface area contributed by atoms with Crippen LogP contribution in [-0.4, -0.2) is 31.7 Å². The Hall–Kier alpha value is -2.03. The molecule has 144 valence electrons. The lowest BCUT2D eigenvalue weighted by molar-refractivity contribution is 0.102. The van der Waals surface area contributed by atoms with Gasteiger partial charge in [0.2, 0.25) is 10.0 Å². The predicted molar refractivity (Wildman–Crippen MR) is 98.4 cm³/mol. The summed E-state index contributed by atoms with van der Waals surface area (Å²) >= 11 is 6.08. The molecule has 3 rings (SSSR count). The van der Waals surface area contributed by atoms with Gasteiger partial charge in [0.15, 0.2) is 0 Å². The molecule has 0 saturated carbocycles. The fraction of sp³-hybridized carbons (Fsp3) is 0.278. The average Bonchev–Trinajstić information content (AvgIpc) is 2.63. The van der Waals surface area contributed by atoms with Crippen molar-refractivity contribution in [3.63, 3.8) is 0 Å². The standard InChI is InChI=1S/C18H17ClF2N2O3S/c19-15-7-5-13(22-18(24)14-6-4-12(20)10-16(14)21)11-17(15)27(25,26)23-8-2-1-3-9-23/h4-7,10-11H,1-3,8-9H2,(H,22,24). The Kier molecular flexibility index (Phi) is 5.78. The summed E-state index contributed by atoms with van der Waals surface area (Å²) in [6.45, 7) is 0.825. The highest BCUT2D eigenvalue weighted by Crippen LogP contribution is 2.29. The zero-order chi connectivity index (χ0) is 19.6. The Bertz CT molecular complexity index is 977. The van der Waals surface area contributed by atoms with Gasteiger partial charge in [0, 0.05) is 24.8 Å². The minimum atomic E-state index is -3.80. The summed E-state index contributed by atoms with van der Waals surface area (Å²) in [5.41, 5.74) is -0.213. The van der Waals surface area contributed by atoms with E-state index in [0.717, 1.165) is 31.4 Å². The molecule has 0 unspecified atom stereocenters. The molecular formula is C18H17ClF2N2O3S. The molecule has 2 aromatic carbocycles. The highest BCUT2D eigenvalue weighted by Gasteiger charge is 2.28. The van der Waals surface area contributed by atoms with Gasteiger partial charge < -0.3 is 5.32 Å². The zero-order valence-corrected chi connectivity index (χ0v) is 15.8. The fourth-order valence-electron chi connectivity index (χ4n) is 2.90. The van der Waals surface area contributed by atoms with Crippen LogP contribution in [0.1, 0.15) is 29.6 Å². The minimum Gasteiger partial charge on any atom is -0.322 e. The number of anilines is 1. The van der Waals surface area contributed by atoms with Crippen LogP contribution in [0.15, 0.2) is 41.3 Å². The number of hydrogen-bond donors (Lipinski definition) is 1. The Morgan fingerprint density at radius 1 is 1.04 bits per heavy atom. The summed E-state index contributed by atoms with van der Waals surface area (Å²) in [6, 6.07) is 6.59. The molecule has 0 bridgehead atoms. The minimum absolute atomic E-state index is 0.0338. The lowest BCUT2D eigenvalue weighted by Crippen LogP contribution is -2.35. The van der Waals surface area contributed by atoms with Crippen molar-refractivity contribution in [3.05, 3.63) is 58.6 Å². The van der Waals surface area contributed by atoms with E-state index in [0.29, 0.717) is 19.2 Å². The lowest BCUT2D eigenvalue weighted by Gasteiger charge is -2.26. The number of rotatable bonds is 4. The van der Waals surface area contributed by atoms with Crippen molar-refractivity contribution in [1.82, 2.24) is 4.31 Å². The third-order valence-electron chi connectivity index (χ3n) is 4.30. The molecule has 0 radical (unpaired) electrons. The van der Waals surface area contributed by atoms with Crippen LogP contribution in [0.5, 0.6) is 0 Å². The van der Waals surface area contributed by atoms with E-state index in [1.165, 1.54) is 22.5 Å². The van der Waals surface area contributed by atoms with E-state index in [-0.39, 0.29) is 21.2 Å². The Balaban J connectivity index is 1.88. The molecule has 0 aromatic heterocycles. The van der Waals surface area contributed by atoms with Gasteiger partial charge in [0.1, 0.15) is 16.5 Å². The number of piperidine rings is 1. The number of sulfonamides is 1. The van der Waals surface area contributed by atoms with Crippen LogP contribution in [0.25, 0.3) is 0 Å². The Morgan fingerprint density at radius 3 is 2.41 bits per heavy atom. The van der Waals surface area contributed by atoms with Crippen molar-refractivity contribution in [3.8, 4) is 0 Å². The van der Waals surface area contributed by atoms with Gasteiger partial charge in [-0.1, -0.05) is 18.0 Å². The van der Waals surface area contributed by atoms with Crippen LogP contribution < -0.4 is 5.32 Å². The number of nitrogens with zero attached hydrogens (tertiary/aromatic N) is 1. The monoisotopic (exact) mass is 414 g/mol. The van der Waals surface area contributed by atoms with Crippen LogP contribution in [0, 0.1) is 11.6 Å². The van der Waals surface area contributed by atoms with Gasteiger partial charge in [-0.05, 0) is 43.2 Å². The lowest BCUT2D eigenvalue weighted by atomic mass is 10.2. The van der Waals surface area contributed by atoms with Gasteiger partial charge >= 0.3 is 0 Å². The Labute approximate surface area is 161 Å². The molecule has 0 atom stereocenters. The van der Waals surface area contributed by atoms with Crippen LogP contribution in [0.4, 0.5) is 14.5 Å². The highest BCUT2D eigenvalue weighted by molar-refractivity contribution is 7.89. The maximum atomic E-state index is 13.8. The first-order valence-electron chi connectivity index (χ1n) is 8.35. The molecule has 2 aromatic rings. The SMILES string of the molecule is O=C(Nc1ccc(Cl)c(S(=O)(=O)N2CCCCC2)c1)c1ccc(F)cc1F. The molecule has 27 heavy (non-hydrogen) atoms. The fourth-order valence-corrected chi connectivity index (χ4v) is 4.91. The molecule has 0 aliphatic carbocycles. The van der Waals surface area contributed by atoms with E-state index in [1.807, 2.05) is 0 Å². The molecule has 1 aliphatic heterocycles. The van der Waals surface area contributed by atoms with Gasteiger partial charge in [-0.2, -0.15) is 4.31 Å². The Morgan fingerprint density at radius 2 is 1.74 bits per heavy atom. The molecule has 5 nitrogen and oxygen atoms in total. The molecule has 0 spiro atoms. The van der Waals surface area contributed by atoms with Crippen LogP contribution in [-0.2, 0) is 10.0 Å². The van der Waals surface area contributed by atoms with Crippen molar-refractivity contribution < 1.29 is 22.0 Å². The molecule has 1 amide bonds. The summed E-state index contributed by atoms with van der Waals surface area (Å²) in [4.78, 5) is 12.1.